The van der Waals surface area contributed by atoms with E-state index in [1.807, 2.05) is 41.3 Å². The summed E-state index contributed by atoms with van der Waals surface area (Å²) in [5.74, 6) is 0.457. The fourth-order valence-corrected chi connectivity index (χ4v) is 4.07. The molecule has 5 heteroatoms. The van der Waals surface area contributed by atoms with Crippen LogP contribution in [-0.4, -0.2) is 20.0 Å². The number of rotatable bonds is 5. The normalized spacial score (nSPS) is 11.5. The number of benzene rings is 3. The van der Waals surface area contributed by atoms with Crippen molar-refractivity contribution in [3.63, 3.8) is 0 Å². The second kappa shape index (κ2) is 7.37. The number of aromatic nitrogens is 4. The molecule has 0 fully saturated rings. The lowest BCUT2D eigenvalue weighted by atomic mass is 9.77. The molecule has 5 nitrogen and oxygen atoms in total. The molecule has 0 atom stereocenters. The zero-order chi connectivity index (χ0) is 20.4. The Morgan fingerprint density at radius 3 is 1.67 bits per heavy atom. The summed E-state index contributed by atoms with van der Waals surface area (Å²) in [6.07, 6.45) is 3.89. The van der Waals surface area contributed by atoms with Gasteiger partial charge in [0.2, 0.25) is 0 Å². The molecule has 146 valence electrons. The molecule has 5 rings (SSSR count). The molecule has 5 aromatic rings. The van der Waals surface area contributed by atoms with E-state index < -0.39 is 5.54 Å². The molecule has 0 bridgehead atoms. The Balaban J connectivity index is 1.82. The standard InChI is InChI=1S/C25H21N5/c26-24-16-23(28-29-24)19-17-27-30(18-19)25(20-10-4-1-5-11-20,21-12-6-2-7-13-21)22-14-8-3-9-15-22/h1-18H,(H3,26,28,29). The summed E-state index contributed by atoms with van der Waals surface area (Å²) in [7, 11) is 0. The molecule has 2 aromatic heterocycles. The molecule has 0 amide bonds. The average molecular weight is 391 g/mol. The molecule has 0 spiro atoms. The van der Waals surface area contributed by atoms with Crippen molar-refractivity contribution in [3.05, 3.63) is 126 Å². The van der Waals surface area contributed by atoms with Crippen LogP contribution in [0.4, 0.5) is 5.82 Å². The number of nitrogen functional groups attached to an aromatic ring is 1. The third-order valence-corrected chi connectivity index (χ3v) is 5.41. The predicted octanol–water partition coefficient (Wildman–Crippen LogP) is 4.70. The minimum absolute atomic E-state index is 0.457. The van der Waals surface area contributed by atoms with Crippen LogP contribution < -0.4 is 5.73 Å². The molecular formula is C25H21N5. The molecule has 0 aliphatic carbocycles. The van der Waals surface area contributed by atoms with Gasteiger partial charge in [-0.3, -0.25) is 9.78 Å². The van der Waals surface area contributed by atoms with Gasteiger partial charge >= 0.3 is 0 Å². The van der Waals surface area contributed by atoms with E-state index in [0.717, 1.165) is 27.9 Å². The molecule has 0 saturated heterocycles. The first kappa shape index (κ1) is 17.9. The van der Waals surface area contributed by atoms with Crippen LogP contribution in [0.1, 0.15) is 16.7 Å². The molecule has 0 saturated carbocycles. The van der Waals surface area contributed by atoms with Gasteiger partial charge in [0.15, 0.2) is 0 Å². The highest BCUT2D eigenvalue weighted by atomic mass is 15.3. The van der Waals surface area contributed by atoms with Gasteiger partial charge in [0.25, 0.3) is 0 Å². The lowest BCUT2D eigenvalue weighted by Gasteiger charge is -2.36. The van der Waals surface area contributed by atoms with Crippen molar-refractivity contribution < 1.29 is 0 Å². The summed E-state index contributed by atoms with van der Waals surface area (Å²) in [5.41, 5.74) is 10.3. The van der Waals surface area contributed by atoms with E-state index in [4.69, 9.17) is 10.8 Å². The van der Waals surface area contributed by atoms with Crippen LogP contribution in [0, 0.1) is 0 Å². The molecule has 0 unspecified atom stereocenters. The third kappa shape index (κ3) is 2.88. The van der Waals surface area contributed by atoms with Crippen molar-refractivity contribution in [2.75, 3.05) is 5.73 Å². The lowest BCUT2D eigenvalue weighted by Crippen LogP contribution is -2.38. The summed E-state index contributed by atoms with van der Waals surface area (Å²) in [4.78, 5) is 0. The molecule has 30 heavy (non-hydrogen) atoms. The molecule has 3 aromatic carbocycles. The number of nitrogens with one attached hydrogen (secondary N) is 1. The number of H-pyrrole nitrogens is 1. The third-order valence-electron chi connectivity index (χ3n) is 5.41. The zero-order valence-corrected chi connectivity index (χ0v) is 16.3. The van der Waals surface area contributed by atoms with Gasteiger partial charge in [-0.1, -0.05) is 91.0 Å². The Hall–Kier alpha value is -4.12. The summed E-state index contributed by atoms with van der Waals surface area (Å²) < 4.78 is 2.03. The maximum atomic E-state index is 5.81. The second-order valence-corrected chi connectivity index (χ2v) is 7.19. The van der Waals surface area contributed by atoms with E-state index in [-0.39, 0.29) is 0 Å². The van der Waals surface area contributed by atoms with Gasteiger partial charge in [0.05, 0.1) is 11.9 Å². The fraction of sp³-hybridized carbons (Fsp3) is 0.0400. The van der Waals surface area contributed by atoms with Crippen molar-refractivity contribution in [1.29, 1.82) is 0 Å². The van der Waals surface area contributed by atoms with E-state index in [0.29, 0.717) is 5.82 Å². The van der Waals surface area contributed by atoms with E-state index in [9.17, 15) is 0 Å². The van der Waals surface area contributed by atoms with Gasteiger partial charge in [-0.2, -0.15) is 10.2 Å². The van der Waals surface area contributed by atoms with Crippen LogP contribution in [0.3, 0.4) is 0 Å². The number of aromatic amines is 1. The molecular weight excluding hydrogens is 370 g/mol. The Kier molecular flexibility index (Phi) is 4.41. The highest BCUT2D eigenvalue weighted by Gasteiger charge is 2.39. The van der Waals surface area contributed by atoms with Crippen molar-refractivity contribution in [1.82, 2.24) is 20.0 Å². The summed E-state index contributed by atoms with van der Waals surface area (Å²) in [5, 5.41) is 11.9. The minimum Gasteiger partial charge on any atom is -0.382 e. The average Bonchev–Trinajstić information content (AvgIpc) is 3.46. The van der Waals surface area contributed by atoms with E-state index in [1.165, 1.54) is 0 Å². The molecule has 0 aliphatic rings. The van der Waals surface area contributed by atoms with Gasteiger partial charge in [-0.25, -0.2) is 0 Å². The van der Waals surface area contributed by atoms with Gasteiger partial charge in [0, 0.05) is 17.8 Å². The topological polar surface area (TPSA) is 72.5 Å². The van der Waals surface area contributed by atoms with Crippen molar-refractivity contribution >= 4 is 5.82 Å². The monoisotopic (exact) mass is 391 g/mol. The number of hydrogen-bond acceptors (Lipinski definition) is 3. The largest absolute Gasteiger partial charge is 0.382 e. The highest BCUT2D eigenvalue weighted by Crippen LogP contribution is 2.40. The summed E-state index contributed by atoms with van der Waals surface area (Å²) in [6.45, 7) is 0. The van der Waals surface area contributed by atoms with Crippen LogP contribution in [0.25, 0.3) is 11.3 Å². The molecule has 3 N–H and O–H groups in total. The Morgan fingerprint density at radius 2 is 1.23 bits per heavy atom. The zero-order valence-electron chi connectivity index (χ0n) is 16.3. The SMILES string of the molecule is Nc1cc(-c2cnn(C(c3ccccc3)(c3ccccc3)c3ccccc3)c2)[nH]n1. The van der Waals surface area contributed by atoms with Crippen molar-refractivity contribution in [2.24, 2.45) is 0 Å². The lowest BCUT2D eigenvalue weighted by molar-refractivity contribution is 0.460. The Morgan fingerprint density at radius 1 is 0.733 bits per heavy atom. The second-order valence-electron chi connectivity index (χ2n) is 7.19. The fourth-order valence-electron chi connectivity index (χ4n) is 4.07. The van der Waals surface area contributed by atoms with Crippen LogP contribution >= 0.6 is 0 Å². The minimum atomic E-state index is -0.631. The Labute approximate surface area is 174 Å². The maximum absolute atomic E-state index is 5.81. The van der Waals surface area contributed by atoms with E-state index >= 15 is 0 Å². The highest BCUT2D eigenvalue weighted by molar-refractivity contribution is 5.61. The van der Waals surface area contributed by atoms with Gasteiger partial charge in [-0.15, -0.1) is 0 Å². The summed E-state index contributed by atoms with van der Waals surface area (Å²) in [6, 6.07) is 33.2. The van der Waals surface area contributed by atoms with Crippen molar-refractivity contribution in [2.45, 2.75) is 5.54 Å². The van der Waals surface area contributed by atoms with Crippen LogP contribution in [0.15, 0.2) is 109 Å². The molecule has 0 radical (unpaired) electrons. The van der Waals surface area contributed by atoms with Crippen LogP contribution in [-0.2, 0) is 5.54 Å². The van der Waals surface area contributed by atoms with E-state index in [1.54, 1.807) is 0 Å². The first-order chi connectivity index (χ1) is 14.8. The quantitative estimate of drug-likeness (QED) is 0.427. The number of hydrogen-bond donors (Lipinski definition) is 2. The van der Waals surface area contributed by atoms with Crippen LogP contribution in [0.5, 0.6) is 0 Å². The number of anilines is 1. The Bertz CT molecular complexity index is 1140. The first-order valence-electron chi connectivity index (χ1n) is 9.81. The van der Waals surface area contributed by atoms with Crippen LogP contribution in [0.2, 0.25) is 0 Å². The predicted molar refractivity (Wildman–Crippen MR) is 119 cm³/mol. The number of nitrogens with two attached hydrogens (primary N) is 1. The van der Waals surface area contributed by atoms with Gasteiger partial charge in [0.1, 0.15) is 11.4 Å². The van der Waals surface area contributed by atoms with Gasteiger partial charge in [-0.05, 0) is 16.7 Å². The summed E-state index contributed by atoms with van der Waals surface area (Å²) >= 11 is 0. The first-order valence-corrected chi connectivity index (χ1v) is 9.81. The number of nitrogens with zero attached hydrogens (tertiary/aromatic N) is 3. The van der Waals surface area contributed by atoms with E-state index in [2.05, 4.69) is 83.0 Å². The van der Waals surface area contributed by atoms with Gasteiger partial charge < -0.3 is 5.73 Å². The molecule has 2 heterocycles. The molecule has 0 aliphatic heterocycles. The smallest absolute Gasteiger partial charge is 0.145 e. The maximum Gasteiger partial charge on any atom is 0.145 e. The van der Waals surface area contributed by atoms with Crippen molar-refractivity contribution in [3.8, 4) is 11.3 Å².